The molecule has 0 amide bonds. The zero-order valence-corrected chi connectivity index (χ0v) is 72.8. The Morgan fingerprint density at radius 3 is 0.940 bits per heavy atom. The molecule has 0 aromatic rings. The largest absolute Gasteiger partial charge is 0.477 e. The van der Waals surface area contributed by atoms with Crippen molar-refractivity contribution in [3.05, 3.63) is 0 Å². The molecule has 134 heavy (non-hydrogen) atoms. The molecule has 11 heterocycles. The van der Waals surface area contributed by atoms with Crippen LogP contribution in [0.1, 0.15) is 47.5 Å². The average Bonchev–Trinajstić information content (AvgIpc) is 0.770. The van der Waals surface area contributed by atoms with Crippen molar-refractivity contribution in [2.75, 3.05) is 72.7 Å². The summed E-state index contributed by atoms with van der Waals surface area (Å²) in [5, 5.41) is 354. The lowest BCUT2D eigenvalue weighted by molar-refractivity contribution is -0.402. The summed E-state index contributed by atoms with van der Waals surface area (Å²) in [6.07, 6.45) is -98.7. The van der Waals surface area contributed by atoms with Gasteiger partial charge in [0, 0.05) is 36.5 Å². The van der Waals surface area contributed by atoms with Gasteiger partial charge in [-0.1, -0.05) is 27.7 Å². The minimum atomic E-state index is -2.97. The van der Waals surface area contributed by atoms with Crippen molar-refractivity contribution in [3.63, 3.8) is 0 Å². The number of rotatable bonds is 37. The van der Waals surface area contributed by atoms with Gasteiger partial charge in [0.1, 0.15) is 208 Å². The molecule has 11 aliphatic rings. The molecule has 0 bridgehead atoms. The fourth-order valence-corrected chi connectivity index (χ4v) is 18.0. The van der Waals surface area contributed by atoms with Crippen LogP contribution in [0.3, 0.4) is 0 Å². The Balaban J connectivity index is 0.829. The van der Waals surface area contributed by atoms with Crippen LogP contribution in [0.25, 0.3) is 0 Å². The number of carboxylic acid groups (broad SMARTS) is 2. The van der Waals surface area contributed by atoms with Crippen molar-refractivity contribution in [1.82, 2.24) is 0 Å². The van der Waals surface area contributed by atoms with Crippen molar-refractivity contribution in [3.8, 4) is 0 Å². The summed E-state index contributed by atoms with van der Waals surface area (Å²) >= 11 is 0. The van der Waals surface area contributed by atoms with Gasteiger partial charge < -0.3 is 274 Å². The van der Waals surface area contributed by atoms with Gasteiger partial charge in [0.2, 0.25) is 0 Å². The molecule has 57 atom stereocenters. The molecule has 0 radical (unpaired) electrons. The topological polar surface area (TPSA) is 927 Å². The molecule has 0 aromatic carbocycles. The highest BCUT2D eigenvalue weighted by atomic mass is 16.8. The summed E-state index contributed by atoms with van der Waals surface area (Å²) in [6.45, 7) is -4.65. The number of carboxylic acids is 2. The Hall–Kier alpha value is -3.18. The van der Waals surface area contributed by atoms with E-state index in [2.05, 4.69) is 0 Å². The summed E-state index contributed by atoms with van der Waals surface area (Å²) in [6, 6.07) is -3.17. The Morgan fingerprint density at radius 2 is 0.590 bits per heavy atom. The second-order valence-corrected chi connectivity index (χ2v) is 35.7. The van der Waals surface area contributed by atoms with Gasteiger partial charge in [0.15, 0.2) is 50.3 Å². The van der Waals surface area contributed by atoms with Gasteiger partial charge in [0.05, 0.1) is 127 Å². The maximum atomic E-state index is 12.8. The fourth-order valence-electron chi connectivity index (χ4n) is 18.0. The molecule has 0 aliphatic carbocycles. The number of nitrogens with two attached hydrogens (primary N) is 2. The van der Waals surface area contributed by atoms with Crippen LogP contribution in [0, 0.1) is 23.7 Å². The molecule has 11 rings (SSSR count). The summed E-state index contributed by atoms with van der Waals surface area (Å²) in [4.78, 5) is 25.7. The first-order chi connectivity index (χ1) is 63.2. The van der Waals surface area contributed by atoms with Crippen LogP contribution in [0.15, 0.2) is 0 Å². The lowest BCUT2D eigenvalue weighted by Gasteiger charge is -2.51. The molecular weight excluding hydrogens is 1830 g/mol. The van der Waals surface area contributed by atoms with Crippen molar-refractivity contribution in [1.29, 1.82) is 0 Å². The van der Waals surface area contributed by atoms with Gasteiger partial charge in [-0.3, -0.25) is 0 Å². The van der Waals surface area contributed by atoms with E-state index in [1.807, 2.05) is 0 Å². The summed E-state index contributed by atoms with van der Waals surface area (Å²) in [5.41, 5.74) is 11.9. The quantitative estimate of drug-likeness (QED) is 0.0275. The minimum Gasteiger partial charge on any atom is -0.477 e. The number of aliphatic hydroxyl groups excluding tert-OH is 30. The summed E-state index contributed by atoms with van der Waals surface area (Å²) in [7, 11) is 0. The van der Waals surface area contributed by atoms with Gasteiger partial charge in [0.25, 0.3) is 11.6 Å². The second-order valence-electron chi connectivity index (χ2n) is 35.7. The molecule has 36 N–H and O–H groups in total. The third kappa shape index (κ3) is 23.1. The van der Waals surface area contributed by atoms with E-state index in [-0.39, 0.29) is 0 Å². The molecule has 780 valence electrons. The van der Waals surface area contributed by atoms with Crippen LogP contribution in [-0.4, -0.2) is 572 Å². The predicted molar refractivity (Wildman–Crippen MR) is 417 cm³/mol. The fraction of sp³-hybridized carbons (Fsp3) is 0.974. The molecule has 11 aliphatic heterocycles. The third-order valence-corrected chi connectivity index (χ3v) is 26.8. The standard InChI is InChI=1S/C77H132N2O55/c1-19-23(5)117-30(12-84)57(39(19)92)126-66-20(2)40(93)60(33(15-87)120-66)129-71-56(109)63(130-73-65(53(106)46(99)29(11-83)119-73)132-68-22(4)42(95)59(32(14-86)122-68)128-70-55(108)51(104)48(101)36(125-70)18-116-77(75(112)113)7-25(89)38(79)62(134-77)44(97)27(91)9-81)49(102)34(123-71)16-114-72-64(52(105)45(98)28(10-82)118-72)131-67-21(3)41(94)58(31(13-85)121-67)127-69-54(107)50(103)47(100)35(124-69)17-115-76(74(110)111)6-24(88)37(78)61(133-76)43(96)26(90)8-80/h19-73,80-109H,6-18,78-79H2,1-5H3,(H,110,111)(H,112,113)/t19-,20+,21?,22+,23+,24-,25-,26-,27-,28?,29-,30?,31+,32?,33?,34?,35?,36?,37-,38-,39?,40?,41?,42?,43-,44-,45-,46-,47+,48+,49-,50?,51?,52?,53?,54+,55+,56-,57-,58-,59-,60-,61?,62?,63?,64-,65?,66+,67+,68+,69+,70+,71+,72+,73-,76-,77-/m1/s1. The number of carbonyl (C=O) groups is 2. The minimum absolute atomic E-state index is 0.584. The van der Waals surface area contributed by atoms with Crippen LogP contribution in [-0.2, 0) is 109 Å². The summed E-state index contributed by atoms with van der Waals surface area (Å²) < 4.78 is 125. The Kier molecular flexibility index (Phi) is 39.1. The van der Waals surface area contributed by atoms with Crippen LogP contribution in [0.2, 0.25) is 0 Å². The molecule has 11 fully saturated rings. The summed E-state index contributed by atoms with van der Waals surface area (Å²) in [5.74, 6) is -14.7. The van der Waals surface area contributed by atoms with E-state index in [1.54, 1.807) is 13.8 Å². The zero-order chi connectivity index (χ0) is 99.0. The number of ether oxygens (including phenoxy) is 21. The van der Waals surface area contributed by atoms with E-state index in [0.717, 1.165) is 0 Å². The first kappa shape index (κ1) is 111. The molecule has 11 saturated heterocycles. The van der Waals surface area contributed by atoms with Gasteiger partial charge in [-0.15, -0.1) is 0 Å². The van der Waals surface area contributed by atoms with Crippen molar-refractivity contribution >= 4 is 11.9 Å². The van der Waals surface area contributed by atoms with Crippen molar-refractivity contribution in [2.24, 2.45) is 35.1 Å². The van der Waals surface area contributed by atoms with Crippen molar-refractivity contribution in [2.45, 2.75) is 372 Å². The number of hydrogen-bond donors (Lipinski definition) is 34. The molecule has 20 unspecified atom stereocenters. The van der Waals surface area contributed by atoms with Crippen LogP contribution in [0.4, 0.5) is 0 Å². The highest BCUT2D eigenvalue weighted by molar-refractivity contribution is 5.76. The first-order valence-corrected chi connectivity index (χ1v) is 43.7. The lowest BCUT2D eigenvalue weighted by atomic mass is 9.88. The molecular formula is C77H132N2O55. The molecule has 0 saturated carbocycles. The van der Waals surface area contributed by atoms with Gasteiger partial charge in [-0.05, 0) is 6.92 Å². The lowest BCUT2D eigenvalue weighted by Crippen LogP contribution is -2.68. The highest BCUT2D eigenvalue weighted by Crippen LogP contribution is 2.44. The molecule has 57 nitrogen and oxygen atoms in total. The number of aliphatic hydroxyl groups is 30. The second kappa shape index (κ2) is 47.1. The SMILES string of the molecule is CC1C(O)[C@H](O[C@@H]2OC(CO[C@]3(C(=O)O)C[C@@H](O)[C@@H](N)C([C@H](O)[C@H](O)CO)O3)[C@H](O)C(O)[C@@H]2O)[C@H](CO)O[C@H]1O[C@@H]1C(O)[C@H](O)C(CO)O[C@@H]1OCC1O[C@@H](O[C@@H]2C(CO)O[C@@H](O[C@@H]3C(CO)O[C@@H](C)[C@@H](C)C3O)[C@@H](C)C2O)[C@H](O)C(O[C@H]2O[C@H](CO)[C@@H](O)C(O)C2O[C@@H]2OC(CO)[C@@H](O[C@@H]3OC(CO[C@]4(C(=O)O)C[C@@H](O)[C@@H](N)C([C@H](O)[C@H](O)CO)O4)[C@H](O)C(O)[C@@H]3O)C(O)[C@@H]2C)[C@@H]1O. The van der Waals surface area contributed by atoms with E-state index in [4.69, 9.17) is 111 Å². The smallest absolute Gasteiger partial charge is 0.364 e. The number of hydrogen-bond acceptors (Lipinski definition) is 55. The number of aliphatic carboxylic acids is 2. The molecule has 0 spiro atoms. The maximum Gasteiger partial charge on any atom is 0.364 e. The van der Waals surface area contributed by atoms with Gasteiger partial charge >= 0.3 is 11.9 Å². The Labute approximate surface area is 761 Å². The third-order valence-electron chi connectivity index (χ3n) is 26.8. The molecule has 57 heteroatoms. The van der Waals surface area contributed by atoms with E-state index in [1.165, 1.54) is 20.8 Å². The normalized spacial score (nSPS) is 50.9. The van der Waals surface area contributed by atoms with Gasteiger partial charge in [-0.25, -0.2) is 9.59 Å². The van der Waals surface area contributed by atoms with E-state index in [0.29, 0.717) is 0 Å². The zero-order valence-electron chi connectivity index (χ0n) is 72.8. The average molecular weight is 1970 g/mol. The first-order valence-electron chi connectivity index (χ1n) is 43.7. The van der Waals surface area contributed by atoms with Gasteiger partial charge in [-0.2, -0.15) is 0 Å². The van der Waals surface area contributed by atoms with E-state index in [9.17, 15) is 173 Å². The van der Waals surface area contributed by atoms with Crippen LogP contribution >= 0.6 is 0 Å². The predicted octanol–water partition coefficient (Wildman–Crippen LogP) is -20.5. The maximum absolute atomic E-state index is 12.8. The monoisotopic (exact) mass is 1960 g/mol. The Bertz CT molecular complexity index is 3610. The highest BCUT2D eigenvalue weighted by Gasteiger charge is 2.63. The molecule has 0 aromatic heterocycles. The van der Waals surface area contributed by atoms with E-state index < -0.39 is 445 Å². The van der Waals surface area contributed by atoms with Crippen LogP contribution < -0.4 is 11.5 Å². The Morgan fingerprint density at radius 1 is 0.306 bits per heavy atom. The van der Waals surface area contributed by atoms with E-state index >= 15 is 0 Å². The van der Waals surface area contributed by atoms with Crippen molar-refractivity contribution < 1.29 is 272 Å². The van der Waals surface area contributed by atoms with Crippen LogP contribution in [0.5, 0.6) is 0 Å².